The lowest BCUT2D eigenvalue weighted by molar-refractivity contribution is -0.711. The van der Waals surface area contributed by atoms with E-state index in [0.717, 1.165) is 36.6 Å². The Morgan fingerprint density at radius 3 is 1.84 bits per heavy atom. The maximum absolute atomic E-state index is 9.95. The van der Waals surface area contributed by atoms with Crippen LogP contribution < -0.4 is 4.74 Å². The van der Waals surface area contributed by atoms with Gasteiger partial charge in [-0.3, -0.25) is 5.21 Å². The van der Waals surface area contributed by atoms with Crippen LogP contribution in [0.25, 0.3) is 0 Å². The normalized spacial score (nSPS) is 11.9. The fourth-order valence-electron chi connectivity index (χ4n) is 2.96. The van der Waals surface area contributed by atoms with Crippen LogP contribution in [0.15, 0.2) is 18.2 Å². The van der Waals surface area contributed by atoms with E-state index >= 15 is 0 Å². The Morgan fingerprint density at radius 1 is 0.875 bits per heavy atom. The van der Waals surface area contributed by atoms with Gasteiger partial charge in [-0.15, -0.1) is 0 Å². The van der Waals surface area contributed by atoms with Crippen LogP contribution >= 0.6 is 0 Å². The molecular weight excluding hydrogens is 394 g/mol. The van der Waals surface area contributed by atoms with E-state index in [2.05, 4.69) is 54.5 Å². The van der Waals surface area contributed by atoms with Gasteiger partial charge in [-0.2, -0.15) is 0 Å². The molecule has 2 rings (SSSR count). The zero-order valence-electron chi connectivity index (χ0n) is 23.3. The first kappa shape index (κ1) is 32.7. The number of benzene rings is 1. The summed E-state index contributed by atoms with van der Waals surface area (Å²) in [5.41, 5.74) is 3.50. The maximum atomic E-state index is 9.95. The molecular formula is C29H56NO2+. The lowest BCUT2D eigenvalue weighted by Crippen LogP contribution is -2.03. The van der Waals surface area contributed by atoms with Crippen molar-refractivity contribution >= 4 is 11.4 Å². The van der Waals surface area contributed by atoms with E-state index in [9.17, 15) is 5.21 Å². The number of ether oxygens (including phenoxy) is 1. The second kappa shape index (κ2) is 20.1. The van der Waals surface area contributed by atoms with Crippen molar-refractivity contribution in [3.8, 4) is 5.75 Å². The first-order chi connectivity index (χ1) is 15.1. The van der Waals surface area contributed by atoms with Gasteiger partial charge in [-0.05, 0) is 24.0 Å². The monoisotopic (exact) mass is 450 g/mol. The molecule has 1 N–H and O–H groups in total. The third kappa shape index (κ3) is 18.1. The van der Waals surface area contributed by atoms with Gasteiger partial charge in [0, 0.05) is 17.2 Å². The number of nitrogens with zero attached hydrogens (tertiary/aromatic N) is 1. The highest BCUT2D eigenvalue weighted by Gasteiger charge is 2.27. The zero-order chi connectivity index (χ0) is 25.0. The lowest BCUT2D eigenvalue weighted by atomic mass is 10.0. The van der Waals surface area contributed by atoms with Crippen molar-refractivity contribution in [3.63, 3.8) is 0 Å². The van der Waals surface area contributed by atoms with Gasteiger partial charge in [-0.25, -0.2) is 0 Å². The molecule has 1 aromatic carbocycles. The SMILES string of the molecule is CC.CC(C)(C)C.CCC.CCCCCCCCCCOc1ccc2c(c1)[N+](O)=C(C)C2. The molecule has 32 heavy (non-hydrogen) atoms. The van der Waals surface area contributed by atoms with Crippen LogP contribution in [0.5, 0.6) is 5.75 Å². The number of unbranched alkanes of at least 4 members (excludes halogenated alkanes) is 7. The summed E-state index contributed by atoms with van der Waals surface area (Å²) in [6.45, 7) is 22.0. The molecule has 3 nitrogen and oxygen atoms in total. The average molecular weight is 451 g/mol. The van der Waals surface area contributed by atoms with Crippen molar-refractivity contribution in [1.29, 1.82) is 0 Å². The van der Waals surface area contributed by atoms with Gasteiger partial charge in [0.15, 0.2) is 0 Å². The molecule has 188 valence electrons. The zero-order valence-corrected chi connectivity index (χ0v) is 23.3. The first-order valence-electron chi connectivity index (χ1n) is 13.2. The van der Waals surface area contributed by atoms with Gasteiger partial charge >= 0.3 is 0 Å². The molecule has 0 aromatic heterocycles. The van der Waals surface area contributed by atoms with Gasteiger partial charge in [0.25, 0.3) is 5.69 Å². The van der Waals surface area contributed by atoms with Crippen molar-refractivity contribution < 1.29 is 14.7 Å². The van der Waals surface area contributed by atoms with Gasteiger partial charge in [0.1, 0.15) is 5.75 Å². The predicted molar refractivity (Wildman–Crippen MR) is 143 cm³/mol. The van der Waals surface area contributed by atoms with Gasteiger partial charge in [0.05, 0.1) is 19.1 Å². The highest BCUT2D eigenvalue weighted by molar-refractivity contribution is 5.84. The topological polar surface area (TPSA) is 32.5 Å². The number of fused-ring (bicyclic) bond motifs is 1. The minimum atomic E-state index is 0.500. The summed E-state index contributed by atoms with van der Waals surface area (Å²) in [5.74, 6) is 0.857. The Kier molecular flexibility index (Phi) is 20.5. The fourth-order valence-corrected chi connectivity index (χ4v) is 2.96. The van der Waals surface area contributed by atoms with E-state index in [-0.39, 0.29) is 0 Å². The predicted octanol–water partition coefficient (Wildman–Crippen LogP) is 9.75. The molecule has 0 radical (unpaired) electrons. The number of hydrogen-bond donors (Lipinski definition) is 1. The Hall–Kier alpha value is -1.51. The number of rotatable bonds is 10. The molecule has 0 atom stereocenters. The third-order valence-electron chi connectivity index (χ3n) is 4.36. The van der Waals surface area contributed by atoms with Crippen LogP contribution in [0, 0.1) is 5.41 Å². The standard InChI is InChI=1S/C19H30NO2.C5H12.C3H8.C2H6/c1-3-4-5-6-7-8-9-10-13-22-18-12-11-17-14-16(2)20(21)19(17)15-18;1-5(2,3)4;1-3-2;1-2/h11-12,15,21H,3-10,13-14H2,1-2H3;1-4H3;3H2,1-2H3;1-2H3/q+1;;;. The van der Waals surface area contributed by atoms with Crippen LogP contribution in [0.1, 0.15) is 133 Å². The lowest BCUT2D eigenvalue weighted by Gasteiger charge is -2.06. The molecule has 0 saturated heterocycles. The van der Waals surface area contributed by atoms with Crippen LogP contribution in [-0.2, 0) is 6.42 Å². The van der Waals surface area contributed by atoms with Crippen molar-refractivity contribution in [2.75, 3.05) is 6.61 Å². The third-order valence-corrected chi connectivity index (χ3v) is 4.36. The Labute approximate surface area is 201 Å². The molecule has 1 aromatic rings. The van der Waals surface area contributed by atoms with E-state index in [1.165, 1.54) is 61.7 Å². The molecule has 0 bridgehead atoms. The summed E-state index contributed by atoms with van der Waals surface area (Å²) in [5, 5.41) is 9.95. The van der Waals surface area contributed by atoms with Gasteiger partial charge in [0.2, 0.25) is 5.71 Å². The molecule has 1 aliphatic heterocycles. The van der Waals surface area contributed by atoms with Gasteiger partial charge < -0.3 is 4.74 Å². The van der Waals surface area contributed by atoms with Crippen LogP contribution in [0.2, 0.25) is 0 Å². The molecule has 1 heterocycles. The molecule has 0 unspecified atom stereocenters. The molecule has 3 heteroatoms. The van der Waals surface area contributed by atoms with E-state index in [4.69, 9.17) is 4.74 Å². The maximum Gasteiger partial charge on any atom is 0.264 e. The Bertz CT molecular complexity index is 594. The second-order valence-electron chi connectivity index (χ2n) is 10.0. The van der Waals surface area contributed by atoms with Crippen molar-refractivity contribution in [2.45, 2.75) is 133 Å². The van der Waals surface area contributed by atoms with E-state index < -0.39 is 0 Å². The van der Waals surface area contributed by atoms with Crippen molar-refractivity contribution in [3.05, 3.63) is 23.8 Å². The minimum Gasteiger partial charge on any atom is -0.493 e. The largest absolute Gasteiger partial charge is 0.493 e. The second-order valence-corrected chi connectivity index (χ2v) is 10.0. The Morgan fingerprint density at radius 2 is 1.34 bits per heavy atom. The summed E-state index contributed by atoms with van der Waals surface area (Å²) in [6.07, 6.45) is 12.6. The quantitative estimate of drug-likeness (QED) is 0.218. The molecule has 0 spiro atoms. The highest BCUT2D eigenvalue weighted by Crippen LogP contribution is 2.29. The first-order valence-corrected chi connectivity index (χ1v) is 13.2. The molecule has 0 aliphatic carbocycles. The summed E-state index contributed by atoms with van der Waals surface area (Å²) in [4.78, 5) is 0. The number of hydrogen-bond acceptors (Lipinski definition) is 2. The molecule has 0 amide bonds. The summed E-state index contributed by atoms with van der Waals surface area (Å²) in [6, 6.07) is 6.00. The van der Waals surface area contributed by atoms with E-state index in [0.29, 0.717) is 5.41 Å². The van der Waals surface area contributed by atoms with Crippen LogP contribution in [-0.4, -0.2) is 22.3 Å². The van der Waals surface area contributed by atoms with Crippen molar-refractivity contribution in [2.24, 2.45) is 5.41 Å². The van der Waals surface area contributed by atoms with E-state index in [1.807, 2.05) is 32.9 Å². The highest BCUT2D eigenvalue weighted by atomic mass is 16.5. The summed E-state index contributed by atoms with van der Waals surface area (Å²) in [7, 11) is 0. The van der Waals surface area contributed by atoms with E-state index in [1.54, 1.807) is 0 Å². The summed E-state index contributed by atoms with van der Waals surface area (Å²) < 4.78 is 7.09. The fraction of sp³-hybridized carbons (Fsp3) is 0.759. The van der Waals surface area contributed by atoms with Gasteiger partial charge in [-0.1, -0.05) is 114 Å². The molecule has 0 fully saturated rings. The summed E-state index contributed by atoms with van der Waals surface area (Å²) >= 11 is 0. The smallest absolute Gasteiger partial charge is 0.264 e. The van der Waals surface area contributed by atoms with Crippen LogP contribution in [0.3, 0.4) is 0 Å². The Balaban J connectivity index is 0. The average Bonchev–Trinajstić information content (AvgIpc) is 3.01. The van der Waals surface area contributed by atoms with Crippen molar-refractivity contribution in [1.82, 2.24) is 0 Å². The van der Waals surface area contributed by atoms with Crippen LogP contribution in [0.4, 0.5) is 5.69 Å². The molecule has 1 aliphatic rings. The minimum absolute atomic E-state index is 0.500. The molecule has 0 saturated carbocycles.